The van der Waals surface area contributed by atoms with E-state index in [1.54, 1.807) is 30.2 Å². The molecule has 0 bridgehead atoms. The van der Waals surface area contributed by atoms with Crippen molar-refractivity contribution in [1.29, 1.82) is 0 Å². The van der Waals surface area contributed by atoms with E-state index in [4.69, 9.17) is 21.3 Å². The molecule has 2 heterocycles. The fraction of sp³-hybridized carbons (Fsp3) is 0.190. The molecule has 0 aliphatic rings. The van der Waals surface area contributed by atoms with E-state index >= 15 is 0 Å². The zero-order valence-corrected chi connectivity index (χ0v) is 18.4. The van der Waals surface area contributed by atoms with Gasteiger partial charge in [-0.05, 0) is 25.1 Å². The van der Waals surface area contributed by atoms with Gasteiger partial charge in [0.15, 0.2) is 11.0 Å². The van der Waals surface area contributed by atoms with Crippen molar-refractivity contribution in [3.05, 3.63) is 64.6 Å². The highest BCUT2D eigenvalue weighted by molar-refractivity contribution is 7.98. The van der Waals surface area contributed by atoms with Crippen molar-refractivity contribution < 1.29 is 4.74 Å². The van der Waals surface area contributed by atoms with Crippen LogP contribution in [0, 0.1) is 0 Å². The first-order chi connectivity index (χ1) is 14.2. The van der Waals surface area contributed by atoms with Crippen LogP contribution in [0.4, 0.5) is 0 Å². The second kappa shape index (κ2) is 8.98. The number of halogens is 1. The van der Waals surface area contributed by atoms with Gasteiger partial charge < -0.3 is 9.30 Å². The molecule has 0 unspecified atom stereocenters. The lowest BCUT2D eigenvalue weighted by molar-refractivity contribution is 0.416. The van der Waals surface area contributed by atoms with Crippen molar-refractivity contribution in [2.24, 2.45) is 0 Å². The predicted molar refractivity (Wildman–Crippen MR) is 120 cm³/mol. The summed E-state index contributed by atoms with van der Waals surface area (Å²) in [6.45, 7) is 2.86. The molecular weight excluding hydrogens is 424 g/mol. The predicted octanol–water partition coefficient (Wildman–Crippen LogP) is 6.04. The zero-order valence-electron chi connectivity index (χ0n) is 16.0. The number of hydrogen-bond donors (Lipinski definition) is 0. The summed E-state index contributed by atoms with van der Waals surface area (Å²) in [6, 6.07) is 15.6. The van der Waals surface area contributed by atoms with Crippen LogP contribution < -0.4 is 4.74 Å². The number of nitrogens with zero attached hydrogens (tertiary/aromatic N) is 4. The Labute approximate surface area is 182 Å². The van der Waals surface area contributed by atoms with E-state index in [0.29, 0.717) is 10.8 Å². The molecule has 0 aliphatic carbocycles. The summed E-state index contributed by atoms with van der Waals surface area (Å²) >= 11 is 9.52. The molecule has 2 aromatic heterocycles. The number of thioether (sulfide) groups is 1. The lowest BCUT2D eigenvalue weighted by atomic mass is 10.2. The van der Waals surface area contributed by atoms with Crippen molar-refractivity contribution in [3.8, 4) is 27.7 Å². The molecule has 0 fully saturated rings. The summed E-state index contributed by atoms with van der Waals surface area (Å²) in [6.07, 6.45) is 0. The van der Waals surface area contributed by atoms with Crippen molar-refractivity contribution in [3.63, 3.8) is 0 Å². The lowest BCUT2D eigenvalue weighted by Crippen LogP contribution is -2.01. The van der Waals surface area contributed by atoms with Crippen molar-refractivity contribution in [1.82, 2.24) is 19.7 Å². The van der Waals surface area contributed by atoms with Crippen LogP contribution in [0.2, 0.25) is 5.02 Å². The SMILES string of the molecule is CCn1c(SCc2csc(-c3ccccc3Cl)n2)nnc1-c1ccccc1OC. The maximum atomic E-state index is 6.30. The zero-order chi connectivity index (χ0) is 20.2. The third-order valence-corrected chi connectivity index (χ3v) is 6.64. The Balaban J connectivity index is 1.54. The first-order valence-electron chi connectivity index (χ1n) is 9.10. The van der Waals surface area contributed by atoms with E-state index in [-0.39, 0.29) is 0 Å². The van der Waals surface area contributed by atoms with E-state index in [1.165, 1.54) is 0 Å². The van der Waals surface area contributed by atoms with Gasteiger partial charge in [-0.25, -0.2) is 4.98 Å². The Morgan fingerprint density at radius 3 is 2.59 bits per heavy atom. The minimum atomic E-state index is 0.713. The molecule has 4 rings (SSSR count). The highest BCUT2D eigenvalue weighted by Crippen LogP contribution is 2.34. The van der Waals surface area contributed by atoms with Crippen molar-refractivity contribution in [2.45, 2.75) is 24.4 Å². The molecule has 0 saturated heterocycles. The van der Waals surface area contributed by atoms with Gasteiger partial charge >= 0.3 is 0 Å². The van der Waals surface area contributed by atoms with Crippen LogP contribution in [0.15, 0.2) is 59.1 Å². The van der Waals surface area contributed by atoms with Crippen LogP contribution in [-0.2, 0) is 12.3 Å². The van der Waals surface area contributed by atoms with E-state index < -0.39 is 0 Å². The molecule has 29 heavy (non-hydrogen) atoms. The van der Waals surface area contributed by atoms with Gasteiger partial charge in [-0.3, -0.25) is 0 Å². The van der Waals surface area contributed by atoms with Gasteiger partial charge in [-0.2, -0.15) is 0 Å². The number of aromatic nitrogens is 4. The van der Waals surface area contributed by atoms with Crippen LogP contribution in [-0.4, -0.2) is 26.9 Å². The molecule has 0 saturated carbocycles. The number of thiazole rings is 1. The maximum absolute atomic E-state index is 6.30. The topological polar surface area (TPSA) is 52.8 Å². The Kier molecular flexibility index (Phi) is 6.18. The molecule has 0 aliphatic heterocycles. The average molecular weight is 443 g/mol. The normalized spacial score (nSPS) is 11.0. The van der Waals surface area contributed by atoms with Gasteiger partial charge in [0.05, 0.1) is 23.4 Å². The Morgan fingerprint density at radius 1 is 1.07 bits per heavy atom. The molecule has 0 atom stereocenters. The van der Waals surface area contributed by atoms with Gasteiger partial charge in [-0.15, -0.1) is 21.5 Å². The fourth-order valence-corrected chi connectivity index (χ4v) is 5.12. The van der Waals surface area contributed by atoms with Crippen molar-refractivity contribution in [2.75, 3.05) is 7.11 Å². The van der Waals surface area contributed by atoms with Gasteiger partial charge in [-0.1, -0.05) is 53.7 Å². The quantitative estimate of drug-likeness (QED) is 0.326. The molecule has 0 amide bonds. The first kappa shape index (κ1) is 19.9. The summed E-state index contributed by atoms with van der Waals surface area (Å²) < 4.78 is 7.59. The lowest BCUT2D eigenvalue weighted by Gasteiger charge is -2.10. The standard InChI is InChI=1S/C21H19ClN4OS2/c1-3-26-19(16-9-5-7-11-18(16)27-2)24-25-21(26)29-13-14-12-28-20(23-14)15-8-4-6-10-17(15)22/h4-12H,3,13H2,1-2H3. The Morgan fingerprint density at radius 2 is 1.83 bits per heavy atom. The van der Waals surface area contributed by atoms with Crippen LogP contribution in [0.25, 0.3) is 22.0 Å². The Hall–Kier alpha value is -2.35. The summed E-state index contributed by atoms with van der Waals surface area (Å²) in [4.78, 5) is 4.74. The summed E-state index contributed by atoms with van der Waals surface area (Å²) in [5, 5.41) is 13.4. The molecule has 5 nitrogen and oxygen atoms in total. The second-order valence-corrected chi connectivity index (χ2v) is 8.37. The van der Waals surface area contributed by atoms with Gasteiger partial charge in [0.25, 0.3) is 0 Å². The number of methoxy groups -OCH3 is 1. The molecule has 8 heteroatoms. The molecular formula is C21H19ClN4OS2. The van der Waals surface area contributed by atoms with Crippen LogP contribution in [0.5, 0.6) is 5.75 Å². The van der Waals surface area contributed by atoms with Crippen LogP contribution in [0.3, 0.4) is 0 Å². The van der Waals surface area contributed by atoms with E-state index in [0.717, 1.165) is 45.1 Å². The third kappa shape index (κ3) is 4.17. The number of ether oxygens (including phenoxy) is 1. The summed E-state index contributed by atoms with van der Waals surface area (Å²) in [5.41, 5.74) is 2.90. The number of rotatable bonds is 7. The second-order valence-electron chi connectivity index (χ2n) is 6.16. The largest absolute Gasteiger partial charge is 0.496 e. The molecule has 0 N–H and O–H groups in total. The average Bonchev–Trinajstić information content (AvgIpc) is 3.39. The molecule has 148 valence electrons. The van der Waals surface area contributed by atoms with Crippen LogP contribution >= 0.6 is 34.7 Å². The monoisotopic (exact) mass is 442 g/mol. The number of benzene rings is 2. The number of hydrogen-bond acceptors (Lipinski definition) is 6. The summed E-state index contributed by atoms with van der Waals surface area (Å²) in [7, 11) is 1.67. The highest BCUT2D eigenvalue weighted by atomic mass is 35.5. The molecule has 0 spiro atoms. The van der Waals surface area contributed by atoms with Gasteiger partial charge in [0, 0.05) is 23.2 Å². The summed E-state index contributed by atoms with van der Waals surface area (Å²) in [5.74, 6) is 2.31. The molecule has 2 aromatic carbocycles. The minimum Gasteiger partial charge on any atom is -0.496 e. The fourth-order valence-electron chi connectivity index (χ4n) is 2.98. The van der Waals surface area contributed by atoms with Gasteiger partial charge in [0.2, 0.25) is 0 Å². The first-order valence-corrected chi connectivity index (χ1v) is 11.3. The molecule has 4 aromatic rings. The van der Waals surface area contributed by atoms with Gasteiger partial charge in [0.1, 0.15) is 10.8 Å². The maximum Gasteiger partial charge on any atom is 0.191 e. The Bertz CT molecular complexity index is 1130. The van der Waals surface area contributed by atoms with E-state index in [9.17, 15) is 0 Å². The van der Waals surface area contributed by atoms with E-state index in [2.05, 4.69) is 27.1 Å². The number of para-hydroxylation sites is 1. The highest BCUT2D eigenvalue weighted by Gasteiger charge is 2.17. The van der Waals surface area contributed by atoms with Crippen LogP contribution in [0.1, 0.15) is 12.6 Å². The smallest absolute Gasteiger partial charge is 0.191 e. The van der Waals surface area contributed by atoms with Crippen molar-refractivity contribution >= 4 is 34.7 Å². The van der Waals surface area contributed by atoms with E-state index in [1.807, 2.05) is 48.5 Å². The minimum absolute atomic E-state index is 0.713. The third-order valence-electron chi connectivity index (χ3n) is 4.39. The molecule has 0 radical (unpaired) electrons.